The van der Waals surface area contributed by atoms with Gasteiger partial charge in [-0.05, 0) is 61.9 Å². The zero-order chi connectivity index (χ0) is 23.3. The molecular weight excluding hydrogens is 392 g/mol. The number of anilines is 1. The highest BCUT2D eigenvalue weighted by Crippen LogP contribution is 2.22. The van der Waals surface area contributed by atoms with E-state index < -0.39 is 24.0 Å². The zero-order valence-electron chi connectivity index (χ0n) is 19.3. The minimum absolute atomic E-state index is 0.0142. The van der Waals surface area contributed by atoms with Crippen LogP contribution in [0.1, 0.15) is 61.7 Å². The van der Waals surface area contributed by atoms with Crippen molar-refractivity contribution in [1.29, 1.82) is 0 Å². The monoisotopic (exact) mass is 424 g/mol. The predicted octanol–water partition coefficient (Wildman–Crippen LogP) is 4.29. The van der Waals surface area contributed by atoms with Crippen molar-refractivity contribution in [2.24, 2.45) is 0 Å². The molecule has 2 aromatic rings. The van der Waals surface area contributed by atoms with E-state index in [-0.39, 0.29) is 11.3 Å². The Morgan fingerprint density at radius 3 is 1.97 bits per heavy atom. The quantitative estimate of drug-likeness (QED) is 0.678. The number of carbonyl (C=O) groups is 3. The van der Waals surface area contributed by atoms with Gasteiger partial charge in [0.1, 0.15) is 6.04 Å². The lowest BCUT2D eigenvalue weighted by molar-refractivity contribution is -0.154. The Morgan fingerprint density at radius 1 is 0.903 bits per heavy atom. The fourth-order valence-electron chi connectivity index (χ4n) is 3.03. The maximum Gasteiger partial charge on any atom is 0.329 e. The topological polar surface area (TPSA) is 84.5 Å². The third kappa shape index (κ3) is 6.41. The van der Waals surface area contributed by atoms with Gasteiger partial charge in [-0.3, -0.25) is 9.59 Å². The van der Waals surface area contributed by atoms with E-state index in [1.165, 1.54) is 13.8 Å². The van der Waals surface area contributed by atoms with E-state index in [0.717, 1.165) is 16.7 Å². The predicted molar refractivity (Wildman–Crippen MR) is 122 cm³/mol. The first-order valence-corrected chi connectivity index (χ1v) is 10.4. The number of benzene rings is 2. The minimum atomic E-state index is -1.00. The van der Waals surface area contributed by atoms with Crippen molar-refractivity contribution < 1.29 is 19.1 Å². The molecule has 0 radical (unpaired) electrons. The summed E-state index contributed by atoms with van der Waals surface area (Å²) in [5, 5.41) is 5.42. The van der Waals surface area contributed by atoms with Crippen molar-refractivity contribution >= 4 is 23.5 Å². The Bertz CT molecular complexity index is 938. The molecule has 2 amide bonds. The minimum Gasteiger partial charge on any atom is -0.451 e. The van der Waals surface area contributed by atoms with Crippen LogP contribution in [0.3, 0.4) is 0 Å². The molecule has 6 nitrogen and oxygen atoms in total. The van der Waals surface area contributed by atoms with E-state index in [2.05, 4.69) is 31.4 Å². The van der Waals surface area contributed by atoms with Crippen molar-refractivity contribution in [3.63, 3.8) is 0 Å². The molecule has 0 heterocycles. The van der Waals surface area contributed by atoms with Crippen LogP contribution in [0, 0.1) is 13.8 Å². The van der Waals surface area contributed by atoms with Gasteiger partial charge in [0.05, 0.1) is 0 Å². The van der Waals surface area contributed by atoms with Gasteiger partial charge in [0.25, 0.3) is 11.8 Å². The summed E-state index contributed by atoms with van der Waals surface area (Å²) in [5.41, 5.74) is 4.10. The molecule has 0 fully saturated rings. The van der Waals surface area contributed by atoms with Gasteiger partial charge in [0, 0.05) is 11.3 Å². The van der Waals surface area contributed by atoms with Gasteiger partial charge in [-0.15, -0.1) is 0 Å². The number of amides is 2. The third-order valence-electron chi connectivity index (χ3n) is 5.11. The molecule has 0 aliphatic carbocycles. The summed E-state index contributed by atoms with van der Waals surface area (Å²) in [7, 11) is 0. The summed E-state index contributed by atoms with van der Waals surface area (Å²) in [4.78, 5) is 37.3. The second-order valence-electron chi connectivity index (χ2n) is 8.86. The Balaban J connectivity index is 1.93. The van der Waals surface area contributed by atoms with Crippen LogP contribution in [0.15, 0.2) is 42.5 Å². The van der Waals surface area contributed by atoms with Gasteiger partial charge in [-0.2, -0.15) is 0 Å². The molecule has 0 aliphatic rings. The van der Waals surface area contributed by atoms with E-state index in [1.807, 2.05) is 44.2 Å². The standard InChI is InChI=1S/C25H32N2O4/c1-15-9-8-10-16(2)21(15)27-22(28)18(4)31-24(30)17(3)26-23(29)19-11-13-20(14-12-19)25(5,6)7/h8-14,17-18H,1-7H3,(H,26,29)(H,27,28)/t17-,18+/m0/s1. The van der Waals surface area contributed by atoms with E-state index in [4.69, 9.17) is 4.74 Å². The molecule has 6 heteroatoms. The van der Waals surface area contributed by atoms with Gasteiger partial charge >= 0.3 is 5.97 Å². The van der Waals surface area contributed by atoms with Crippen LogP contribution in [0.5, 0.6) is 0 Å². The molecule has 2 aromatic carbocycles. The molecule has 0 aliphatic heterocycles. The van der Waals surface area contributed by atoms with E-state index in [1.54, 1.807) is 12.1 Å². The Morgan fingerprint density at radius 2 is 1.45 bits per heavy atom. The number of para-hydroxylation sites is 1. The number of carbonyl (C=O) groups excluding carboxylic acids is 3. The van der Waals surface area contributed by atoms with Crippen LogP contribution in [0.2, 0.25) is 0 Å². The molecule has 0 saturated carbocycles. The number of esters is 1. The maximum absolute atomic E-state index is 12.5. The summed E-state index contributed by atoms with van der Waals surface area (Å²) in [5.74, 6) is -1.48. The summed E-state index contributed by atoms with van der Waals surface area (Å²) < 4.78 is 5.26. The van der Waals surface area contributed by atoms with Crippen molar-refractivity contribution in [3.8, 4) is 0 Å². The molecule has 166 valence electrons. The highest BCUT2D eigenvalue weighted by Gasteiger charge is 2.24. The van der Waals surface area contributed by atoms with Crippen molar-refractivity contribution in [1.82, 2.24) is 5.32 Å². The second kappa shape index (κ2) is 9.77. The van der Waals surface area contributed by atoms with Crippen molar-refractivity contribution in [2.45, 2.75) is 66.0 Å². The maximum atomic E-state index is 12.5. The van der Waals surface area contributed by atoms with Gasteiger partial charge in [0.2, 0.25) is 0 Å². The highest BCUT2D eigenvalue weighted by molar-refractivity contribution is 5.98. The van der Waals surface area contributed by atoms with Crippen LogP contribution < -0.4 is 10.6 Å². The molecule has 2 rings (SSSR count). The molecule has 2 atom stereocenters. The summed E-state index contributed by atoms with van der Waals surface area (Å²) in [6, 6.07) is 12.1. The van der Waals surface area contributed by atoms with Gasteiger partial charge in [-0.25, -0.2) is 4.79 Å². The summed E-state index contributed by atoms with van der Waals surface area (Å²) >= 11 is 0. The molecule has 2 N–H and O–H groups in total. The average Bonchev–Trinajstić information content (AvgIpc) is 2.69. The van der Waals surface area contributed by atoms with E-state index in [9.17, 15) is 14.4 Å². The number of hydrogen-bond acceptors (Lipinski definition) is 4. The smallest absolute Gasteiger partial charge is 0.329 e. The Labute approximate surface area is 184 Å². The SMILES string of the molecule is Cc1cccc(C)c1NC(=O)[C@@H](C)OC(=O)[C@H](C)NC(=O)c1ccc(C(C)(C)C)cc1. The molecule has 0 spiro atoms. The van der Waals surface area contributed by atoms with Crippen LogP contribution >= 0.6 is 0 Å². The highest BCUT2D eigenvalue weighted by atomic mass is 16.5. The molecule has 31 heavy (non-hydrogen) atoms. The third-order valence-corrected chi connectivity index (χ3v) is 5.11. The lowest BCUT2D eigenvalue weighted by Crippen LogP contribution is -2.42. The Kier molecular flexibility index (Phi) is 7.60. The molecule has 0 aromatic heterocycles. The number of rotatable bonds is 6. The lowest BCUT2D eigenvalue weighted by Gasteiger charge is -2.20. The number of aryl methyl sites for hydroxylation is 2. The Hall–Kier alpha value is -3.15. The number of ether oxygens (including phenoxy) is 1. The average molecular weight is 425 g/mol. The van der Waals surface area contributed by atoms with Gasteiger partial charge in [0.15, 0.2) is 6.10 Å². The van der Waals surface area contributed by atoms with Crippen molar-refractivity contribution in [2.75, 3.05) is 5.32 Å². The fourth-order valence-corrected chi connectivity index (χ4v) is 3.03. The normalized spacial score (nSPS) is 13.1. The second-order valence-corrected chi connectivity index (χ2v) is 8.86. The first-order valence-electron chi connectivity index (χ1n) is 10.4. The number of nitrogens with one attached hydrogen (secondary N) is 2. The molecule has 0 bridgehead atoms. The zero-order valence-corrected chi connectivity index (χ0v) is 19.3. The molecule has 0 saturated heterocycles. The van der Waals surface area contributed by atoms with Crippen LogP contribution in [0.4, 0.5) is 5.69 Å². The first-order chi connectivity index (χ1) is 14.4. The van der Waals surface area contributed by atoms with Crippen LogP contribution in [0.25, 0.3) is 0 Å². The fraction of sp³-hybridized carbons (Fsp3) is 0.400. The first kappa shape index (κ1) is 24.1. The number of hydrogen-bond donors (Lipinski definition) is 2. The van der Waals surface area contributed by atoms with Gasteiger partial charge < -0.3 is 15.4 Å². The summed E-state index contributed by atoms with van der Waals surface area (Å²) in [6.45, 7) is 13.1. The molecular formula is C25H32N2O4. The molecule has 0 unspecified atom stereocenters. The van der Waals surface area contributed by atoms with Crippen molar-refractivity contribution in [3.05, 3.63) is 64.7 Å². The van der Waals surface area contributed by atoms with E-state index in [0.29, 0.717) is 11.3 Å². The van der Waals surface area contributed by atoms with Crippen LogP contribution in [-0.4, -0.2) is 29.9 Å². The van der Waals surface area contributed by atoms with Crippen LogP contribution in [-0.2, 0) is 19.7 Å². The summed E-state index contributed by atoms with van der Waals surface area (Å²) in [6.07, 6.45) is -1.00. The van der Waals surface area contributed by atoms with Gasteiger partial charge in [-0.1, -0.05) is 51.1 Å². The lowest BCUT2D eigenvalue weighted by atomic mass is 9.86. The van der Waals surface area contributed by atoms with E-state index >= 15 is 0 Å². The largest absolute Gasteiger partial charge is 0.451 e.